The lowest BCUT2D eigenvalue weighted by Crippen LogP contribution is -2.15. The Morgan fingerprint density at radius 3 is 1.69 bits per heavy atom. The molecule has 3 N–H and O–H groups in total. The number of hydrogen-bond acceptors (Lipinski definition) is 1. The minimum absolute atomic E-state index is 0.142. The van der Waals surface area contributed by atoms with E-state index in [4.69, 9.17) is 11.1 Å². The largest absolute Gasteiger partial charge is 0.383 e. The molecule has 3 nitrogen and oxygen atoms in total. The molecule has 7 aromatic carbocycles. The average Bonchev–Trinajstić information content (AvgIpc) is 3.00. The van der Waals surface area contributed by atoms with Crippen molar-refractivity contribution in [2.45, 2.75) is 0 Å². The molecule has 7 rings (SSSR count). The van der Waals surface area contributed by atoms with Gasteiger partial charge in [0.05, 0.1) is 0 Å². The van der Waals surface area contributed by atoms with E-state index in [-0.39, 0.29) is 5.84 Å². The predicted molar refractivity (Wildman–Crippen MR) is 165 cm³/mol. The Hall–Kier alpha value is -5.28. The van der Waals surface area contributed by atoms with Crippen molar-refractivity contribution in [3.05, 3.63) is 145 Å². The smallest absolute Gasteiger partial charge is 0.154 e. The van der Waals surface area contributed by atoms with Gasteiger partial charge in [0.2, 0.25) is 0 Å². The van der Waals surface area contributed by atoms with E-state index in [9.17, 15) is 0 Å². The van der Waals surface area contributed by atoms with Crippen LogP contribution in [0.15, 0.2) is 138 Å². The summed E-state index contributed by atoms with van der Waals surface area (Å²) in [6, 6.07) is 46.0. The Labute approximate surface area is 226 Å². The third-order valence-corrected chi connectivity index (χ3v) is 7.50. The van der Waals surface area contributed by atoms with Crippen LogP contribution in [0.2, 0.25) is 0 Å². The summed E-state index contributed by atoms with van der Waals surface area (Å²) < 4.78 is 0. The van der Waals surface area contributed by atoms with E-state index < -0.39 is 0 Å². The lowest BCUT2D eigenvalue weighted by molar-refractivity contribution is 1.40. The zero-order valence-corrected chi connectivity index (χ0v) is 21.2. The van der Waals surface area contributed by atoms with Crippen molar-refractivity contribution in [3.8, 4) is 22.3 Å². The predicted octanol–water partition coefficient (Wildman–Crippen LogP) is 8.65. The quantitative estimate of drug-likeness (QED) is 0.142. The molecule has 3 heteroatoms. The van der Waals surface area contributed by atoms with Crippen LogP contribution in [0.25, 0.3) is 54.6 Å². The maximum atomic E-state index is 8.54. The van der Waals surface area contributed by atoms with Gasteiger partial charge in [-0.25, -0.2) is 4.99 Å². The molecule has 184 valence electrons. The molecule has 0 saturated carbocycles. The van der Waals surface area contributed by atoms with Gasteiger partial charge in [-0.15, -0.1) is 0 Å². The van der Waals surface area contributed by atoms with E-state index in [0.717, 1.165) is 16.7 Å². The second-order valence-corrected chi connectivity index (χ2v) is 9.81. The number of amidine groups is 2. The van der Waals surface area contributed by atoms with Crippen molar-refractivity contribution in [3.63, 3.8) is 0 Å². The van der Waals surface area contributed by atoms with Crippen LogP contribution in [0.5, 0.6) is 0 Å². The van der Waals surface area contributed by atoms with E-state index >= 15 is 0 Å². The second-order valence-electron chi connectivity index (χ2n) is 9.81. The number of nitrogens with two attached hydrogens (primary N) is 1. The fraction of sp³-hybridized carbons (Fsp3) is 0. The highest BCUT2D eigenvalue weighted by atomic mass is 14.9. The molecular weight excluding hydrogens is 474 g/mol. The van der Waals surface area contributed by atoms with Crippen LogP contribution in [0.3, 0.4) is 0 Å². The Balaban J connectivity index is 1.39. The molecule has 0 aliphatic heterocycles. The maximum Gasteiger partial charge on any atom is 0.154 e. The van der Waals surface area contributed by atoms with Crippen LogP contribution in [-0.2, 0) is 0 Å². The lowest BCUT2D eigenvalue weighted by atomic mass is 9.85. The first-order valence-corrected chi connectivity index (χ1v) is 13.0. The Morgan fingerprint density at radius 1 is 0.513 bits per heavy atom. The average molecular weight is 500 g/mol. The van der Waals surface area contributed by atoms with Gasteiger partial charge in [-0.05, 0) is 60.6 Å². The van der Waals surface area contributed by atoms with Crippen LogP contribution in [0, 0.1) is 5.41 Å². The fourth-order valence-electron chi connectivity index (χ4n) is 5.59. The molecular formula is C36H25N3. The molecule has 0 saturated heterocycles. The first-order chi connectivity index (χ1) is 19.2. The van der Waals surface area contributed by atoms with Crippen molar-refractivity contribution in [2.24, 2.45) is 10.7 Å². The highest BCUT2D eigenvalue weighted by Gasteiger charge is 2.16. The molecule has 0 aliphatic carbocycles. The Morgan fingerprint density at radius 2 is 1.08 bits per heavy atom. The summed E-state index contributed by atoms with van der Waals surface area (Å²) in [7, 11) is 0. The van der Waals surface area contributed by atoms with E-state index in [2.05, 4.69) is 96.0 Å². The molecule has 0 fully saturated rings. The molecule has 0 unspecified atom stereocenters. The van der Waals surface area contributed by atoms with Gasteiger partial charge >= 0.3 is 0 Å². The summed E-state index contributed by atoms with van der Waals surface area (Å²) in [5.74, 6) is 0.479. The van der Waals surface area contributed by atoms with Gasteiger partial charge in [-0.2, -0.15) is 0 Å². The van der Waals surface area contributed by atoms with Gasteiger partial charge in [-0.3, -0.25) is 5.41 Å². The first-order valence-electron chi connectivity index (χ1n) is 13.0. The summed E-state index contributed by atoms with van der Waals surface area (Å²) in [5, 5.41) is 16.1. The molecule has 39 heavy (non-hydrogen) atoms. The van der Waals surface area contributed by atoms with Crippen LogP contribution in [0.4, 0.5) is 0 Å². The molecule has 0 atom stereocenters. The van der Waals surface area contributed by atoms with Gasteiger partial charge in [-0.1, -0.05) is 127 Å². The molecule has 0 bridgehead atoms. The number of nitrogens with one attached hydrogen (secondary N) is 1. The summed E-state index contributed by atoms with van der Waals surface area (Å²) in [6.45, 7) is 0. The minimum atomic E-state index is 0.142. The third kappa shape index (κ3) is 3.92. The molecule has 7 aromatic rings. The Kier molecular flexibility index (Phi) is 5.42. The van der Waals surface area contributed by atoms with Crippen molar-refractivity contribution >= 4 is 44.0 Å². The van der Waals surface area contributed by atoms with Crippen LogP contribution in [-0.4, -0.2) is 11.7 Å². The van der Waals surface area contributed by atoms with Gasteiger partial charge < -0.3 is 5.73 Å². The minimum Gasteiger partial charge on any atom is -0.383 e. The summed E-state index contributed by atoms with van der Waals surface area (Å²) in [4.78, 5) is 4.36. The normalized spacial score (nSPS) is 11.9. The number of aliphatic imine (C=N–C) groups is 1. The van der Waals surface area contributed by atoms with E-state index in [1.165, 1.54) is 49.0 Å². The van der Waals surface area contributed by atoms with Gasteiger partial charge in [0.15, 0.2) is 5.84 Å². The number of nitrogens with zero attached hydrogens (tertiary/aromatic N) is 1. The zero-order valence-electron chi connectivity index (χ0n) is 21.2. The maximum absolute atomic E-state index is 8.54. The van der Waals surface area contributed by atoms with E-state index in [1.807, 2.05) is 42.5 Å². The monoisotopic (exact) mass is 499 g/mol. The van der Waals surface area contributed by atoms with Gasteiger partial charge in [0.25, 0.3) is 0 Å². The third-order valence-electron chi connectivity index (χ3n) is 7.50. The summed E-state index contributed by atoms with van der Waals surface area (Å²) >= 11 is 0. The van der Waals surface area contributed by atoms with Gasteiger partial charge in [0, 0.05) is 11.1 Å². The topological polar surface area (TPSA) is 62.2 Å². The molecule has 0 heterocycles. The molecule has 0 aliphatic rings. The van der Waals surface area contributed by atoms with Crippen molar-refractivity contribution in [1.29, 1.82) is 5.41 Å². The SMILES string of the molecule is N=C(N=C(N)c1ccccc1)c1ccc(-c2cc(-c3ccccc3)c3ccc4cccc5ccc2c3c45)cc1. The highest BCUT2D eigenvalue weighted by molar-refractivity contribution is 6.28. The van der Waals surface area contributed by atoms with Crippen LogP contribution >= 0.6 is 0 Å². The second kappa shape index (κ2) is 9.23. The lowest BCUT2D eigenvalue weighted by Gasteiger charge is -2.18. The summed E-state index contributed by atoms with van der Waals surface area (Å²) in [6.07, 6.45) is 0. The number of benzene rings is 7. The van der Waals surface area contributed by atoms with Crippen molar-refractivity contribution < 1.29 is 0 Å². The zero-order chi connectivity index (χ0) is 26.3. The fourth-order valence-corrected chi connectivity index (χ4v) is 5.59. The van der Waals surface area contributed by atoms with Crippen molar-refractivity contribution in [2.75, 3.05) is 0 Å². The molecule has 0 aromatic heterocycles. The van der Waals surface area contributed by atoms with Crippen LogP contribution < -0.4 is 5.73 Å². The molecule has 0 amide bonds. The van der Waals surface area contributed by atoms with E-state index in [0.29, 0.717) is 5.84 Å². The molecule has 0 radical (unpaired) electrons. The number of hydrogen-bond donors (Lipinski definition) is 2. The summed E-state index contributed by atoms with van der Waals surface area (Å²) in [5.41, 5.74) is 12.4. The molecule has 0 spiro atoms. The number of rotatable bonds is 4. The van der Waals surface area contributed by atoms with Gasteiger partial charge in [0.1, 0.15) is 5.84 Å². The van der Waals surface area contributed by atoms with Crippen LogP contribution in [0.1, 0.15) is 11.1 Å². The van der Waals surface area contributed by atoms with E-state index in [1.54, 1.807) is 0 Å². The first kappa shape index (κ1) is 22.9. The Bertz CT molecular complexity index is 1990. The van der Waals surface area contributed by atoms with Crippen molar-refractivity contribution in [1.82, 2.24) is 0 Å². The highest BCUT2D eigenvalue weighted by Crippen LogP contribution is 2.43. The standard InChI is InChI=1S/C36H25N3/c37-35(27-10-5-2-6-11-27)39-36(38)28-16-14-24(15-17-28)32-22-31(23-8-3-1-4-9-23)29-20-18-25-12-7-13-26-19-21-30(32)34(29)33(25)26/h1-22H,(H3,37,38,39).